The number of nitrogens with one attached hydrogen (secondary N) is 1. The van der Waals surface area contributed by atoms with E-state index in [1.165, 1.54) is 12.1 Å². The Kier molecular flexibility index (Phi) is 7.56. The first-order chi connectivity index (χ1) is 9.26. The Labute approximate surface area is 113 Å². The van der Waals surface area contributed by atoms with Crippen molar-refractivity contribution in [2.24, 2.45) is 0 Å². The summed E-state index contributed by atoms with van der Waals surface area (Å²) < 4.78 is 23.3. The fourth-order valence-electron chi connectivity index (χ4n) is 1.56. The molecule has 0 fully saturated rings. The number of methoxy groups -OCH3 is 1. The van der Waals surface area contributed by atoms with Gasteiger partial charge in [0.15, 0.2) is 0 Å². The summed E-state index contributed by atoms with van der Waals surface area (Å²) in [5, 5.41) is 11.8. The molecule has 0 saturated heterocycles. The number of nitrogens with zero attached hydrogens (tertiary/aromatic N) is 1. The van der Waals surface area contributed by atoms with Crippen LogP contribution in [0.5, 0.6) is 0 Å². The van der Waals surface area contributed by atoms with Crippen molar-refractivity contribution in [2.75, 3.05) is 38.8 Å². The quantitative estimate of drug-likeness (QED) is 0.698. The maximum atomic E-state index is 13.1. The maximum absolute atomic E-state index is 13.1. The molecule has 0 unspecified atom stereocenters. The van der Waals surface area contributed by atoms with Gasteiger partial charge in [-0.1, -0.05) is 0 Å². The molecule has 0 spiro atoms. The van der Waals surface area contributed by atoms with Gasteiger partial charge in [-0.2, -0.15) is 5.26 Å². The van der Waals surface area contributed by atoms with Gasteiger partial charge in [0, 0.05) is 25.9 Å². The number of halogens is 1. The van der Waals surface area contributed by atoms with Gasteiger partial charge >= 0.3 is 0 Å². The van der Waals surface area contributed by atoms with E-state index in [9.17, 15) is 4.39 Å². The van der Waals surface area contributed by atoms with Gasteiger partial charge in [0.1, 0.15) is 5.82 Å². The zero-order valence-electron chi connectivity index (χ0n) is 11.1. The lowest BCUT2D eigenvalue weighted by atomic mass is 10.2. The van der Waals surface area contributed by atoms with Crippen LogP contribution in [0.4, 0.5) is 10.1 Å². The number of nitriles is 1. The Bertz CT molecular complexity index is 418. The van der Waals surface area contributed by atoms with Crippen molar-refractivity contribution in [3.63, 3.8) is 0 Å². The van der Waals surface area contributed by atoms with Crippen LogP contribution >= 0.6 is 0 Å². The molecule has 0 saturated carbocycles. The minimum Gasteiger partial charge on any atom is -0.385 e. The summed E-state index contributed by atoms with van der Waals surface area (Å²) >= 11 is 0. The van der Waals surface area contributed by atoms with Crippen LogP contribution < -0.4 is 5.32 Å². The minimum absolute atomic E-state index is 0.324. The van der Waals surface area contributed by atoms with Crippen molar-refractivity contribution in [1.82, 2.24) is 0 Å². The molecule has 0 atom stereocenters. The minimum atomic E-state index is -0.399. The molecule has 0 heterocycles. The molecule has 0 aliphatic heterocycles. The van der Waals surface area contributed by atoms with Gasteiger partial charge in [-0.25, -0.2) is 4.39 Å². The summed E-state index contributed by atoms with van der Waals surface area (Å²) in [5.74, 6) is -0.399. The van der Waals surface area contributed by atoms with Gasteiger partial charge < -0.3 is 14.8 Å². The van der Waals surface area contributed by atoms with Crippen LogP contribution in [-0.2, 0) is 9.47 Å². The Morgan fingerprint density at radius 3 is 2.79 bits per heavy atom. The molecule has 1 rings (SSSR count). The van der Waals surface area contributed by atoms with Crippen molar-refractivity contribution in [1.29, 1.82) is 5.26 Å². The summed E-state index contributed by atoms with van der Waals surface area (Å²) in [7, 11) is 1.64. The van der Waals surface area contributed by atoms with E-state index in [1.807, 2.05) is 6.07 Å². The van der Waals surface area contributed by atoms with Crippen LogP contribution in [0.1, 0.15) is 18.4 Å². The monoisotopic (exact) mass is 266 g/mol. The molecule has 0 radical (unpaired) electrons. The molecular weight excluding hydrogens is 247 g/mol. The summed E-state index contributed by atoms with van der Waals surface area (Å²) in [5.41, 5.74) is 0.960. The lowest BCUT2D eigenvalue weighted by molar-refractivity contribution is 0.0691. The average Bonchev–Trinajstić information content (AvgIpc) is 2.41. The molecule has 1 N–H and O–H groups in total. The van der Waals surface area contributed by atoms with Crippen molar-refractivity contribution in [3.8, 4) is 6.07 Å². The normalized spacial score (nSPS) is 10.2. The Morgan fingerprint density at radius 2 is 2.05 bits per heavy atom. The van der Waals surface area contributed by atoms with E-state index in [-0.39, 0.29) is 0 Å². The zero-order valence-corrected chi connectivity index (χ0v) is 11.1. The molecule has 0 aromatic heterocycles. The molecule has 4 nitrogen and oxygen atoms in total. The SMILES string of the molecule is COCCOCCCCNc1cc(F)cc(C#N)c1. The van der Waals surface area contributed by atoms with E-state index in [4.69, 9.17) is 14.7 Å². The van der Waals surface area contributed by atoms with Crippen molar-refractivity contribution in [2.45, 2.75) is 12.8 Å². The number of rotatable bonds is 9. The molecule has 0 aliphatic rings. The fourth-order valence-corrected chi connectivity index (χ4v) is 1.56. The molecule has 1 aromatic rings. The topological polar surface area (TPSA) is 54.3 Å². The number of anilines is 1. The maximum Gasteiger partial charge on any atom is 0.126 e. The van der Waals surface area contributed by atoms with E-state index in [2.05, 4.69) is 5.32 Å². The predicted molar refractivity (Wildman–Crippen MR) is 71.5 cm³/mol. The summed E-state index contributed by atoms with van der Waals surface area (Å²) in [6, 6.07) is 6.17. The second kappa shape index (κ2) is 9.31. The van der Waals surface area contributed by atoms with E-state index in [0.29, 0.717) is 31.1 Å². The first kappa shape index (κ1) is 15.4. The van der Waals surface area contributed by atoms with E-state index >= 15 is 0 Å². The van der Waals surface area contributed by atoms with Crippen LogP contribution in [-0.4, -0.2) is 33.5 Å². The summed E-state index contributed by atoms with van der Waals surface area (Å²) in [6.07, 6.45) is 1.85. The number of hydrogen-bond acceptors (Lipinski definition) is 4. The predicted octanol–water partition coefficient (Wildman–Crippen LogP) is 2.55. The number of ether oxygens (including phenoxy) is 2. The Balaban J connectivity index is 2.16. The highest BCUT2D eigenvalue weighted by Gasteiger charge is 1.99. The lowest BCUT2D eigenvalue weighted by Crippen LogP contribution is -2.06. The van der Waals surface area contributed by atoms with Crippen molar-refractivity contribution in [3.05, 3.63) is 29.6 Å². The molecular formula is C14H19FN2O2. The Morgan fingerprint density at radius 1 is 1.21 bits per heavy atom. The van der Waals surface area contributed by atoms with Gasteiger partial charge in [-0.15, -0.1) is 0 Å². The highest BCUT2D eigenvalue weighted by atomic mass is 19.1. The van der Waals surface area contributed by atoms with Crippen LogP contribution in [0.2, 0.25) is 0 Å². The molecule has 0 aliphatic carbocycles. The van der Waals surface area contributed by atoms with Gasteiger partial charge in [-0.05, 0) is 31.0 Å². The number of unbranched alkanes of at least 4 members (excludes halogenated alkanes) is 1. The third kappa shape index (κ3) is 6.75. The van der Waals surface area contributed by atoms with Crippen molar-refractivity contribution >= 4 is 5.69 Å². The third-order valence-electron chi connectivity index (χ3n) is 2.50. The van der Waals surface area contributed by atoms with Gasteiger partial charge in [0.25, 0.3) is 0 Å². The molecule has 1 aromatic carbocycles. The highest BCUT2D eigenvalue weighted by Crippen LogP contribution is 2.13. The first-order valence-electron chi connectivity index (χ1n) is 6.27. The number of benzene rings is 1. The molecule has 104 valence electrons. The number of hydrogen-bond donors (Lipinski definition) is 1. The van der Waals surface area contributed by atoms with Gasteiger partial charge in [0.05, 0.1) is 24.8 Å². The van der Waals surface area contributed by atoms with Crippen molar-refractivity contribution < 1.29 is 13.9 Å². The molecule has 0 amide bonds. The van der Waals surface area contributed by atoms with Gasteiger partial charge in [-0.3, -0.25) is 0 Å². The van der Waals surface area contributed by atoms with Crippen LogP contribution in [0.3, 0.4) is 0 Å². The van der Waals surface area contributed by atoms with Gasteiger partial charge in [0.2, 0.25) is 0 Å². The molecule has 0 bridgehead atoms. The Hall–Kier alpha value is -1.64. The van der Waals surface area contributed by atoms with E-state index < -0.39 is 5.82 Å². The smallest absolute Gasteiger partial charge is 0.126 e. The van der Waals surface area contributed by atoms with Crippen LogP contribution in [0.15, 0.2) is 18.2 Å². The van der Waals surface area contributed by atoms with Crippen LogP contribution in [0.25, 0.3) is 0 Å². The highest BCUT2D eigenvalue weighted by molar-refractivity contribution is 5.49. The summed E-state index contributed by atoms with van der Waals surface area (Å²) in [4.78, 5) is 0. The zero-order chi connectivity index (χ0) is 13.9. The van der Waals surface area contributed by atoms with Crippen LogP contribution in [0, 0.1) is 17.1 Å². The van der Waals surface area contributed by atoms with E-state index in [0.717, 1.165) is 19.4 Å². The first-order valence-corrected chi connectivity index (χ1v) is 6.27. The molecule has 19 heavy (non-hydrogen) atoms. The lowest BCUT2D eigenvalue weighted by Gasteiger charge is -2.07. The fraction of sp³-hybridized carbons (Fsp3) is 0.500. The second-order valence-corrected chi connectivity index (χ2v) is 4.08. The average molecular weight is 266 g/mol. The largest absolute Gasteiger partial charge is 0.385 e. The van der Waals surface area contributed by atoms with E-state index in [1.54, 1.807) is 13.2 Å². The standard InChI is InChI=1S/C14H19FN2O2/c1-18-6-7-19-5-3-2-4-17-14-9-12(11-16)8-13(15)10-14/h8-10,17H,2-7H2,1H3. The third-order valence-corrected chi connectivity index (χ3v) is 2.50. The second-order valence-electron chi connectivity index (χ2n) is 4.08. The summed E-state index contributed by atoms with van der Waals surface area (Å²) in [6.45, 7) is 2.64. The molecule has 5 heteroatoms.